The number of hydrogen-bond acceptors (Lipinski definition) is 4. The first-order valence-corrected chi connectivity index (χ1v) is 10.3. The molecule has 3 unspecified atom stereocenters. The molecule has 1 aliphatic heterocycles. The van der Waals surface area contributed by atoms with Gasteiger partial charge in [0.1, 0.15) is 5.69 Å². The fourth-order valence-electron chi connectivity index (χ4n) is 4.46. The fraction of sp³-hybridized carbons (Fsp3) is 0.304. The summed E-state index contributed by atoms with van der Waals surface area (Å²) in [5, 5.41) is 8.03. The van der Waals surface area contributed by atoms with Gasteiger partial charge in [-0.1, -0.05) is 48.5 Å². The zero-order valence-corrected chi connectivity index (χ0v) is 16.2. The summed E-state index contributed by atoms with van der Waals surface area (Å²) in [7, 11) is 0. The topological polar surface area (TPSA) is 71.0 Å². The van der Waals surface area contributed by atoms with E-state index in [9.17, 15) is 4.79 Å². The molecule has 1 saturated carbocycles. The van der Waals surface area contributed by atoms with Crippen LogP contribution in [0, 0.1) is 5.92 Å². The minimum absolute atomic E-state index is 0.0478. The highest BCUT2D eigenvalue weighted by Gasteiger charge is 2.34. The smallest absolute Gasteiger partial charge is 0.255 e. The van der Waals surface area contributed by atoms with Crippen molar-refractivity contribution in [2.45, 2.75) is 31.3 Å². The highest BCUT2D eigenvalue weighted by atomic mass is 16.1. The molecule has 5 rings (SSSR count). The third kappa shape index (κ3) is 3.69. The molecular formula is C23H25N5O. The van der Waals surface area contributed by atoms with E-state index in [1.807, 2.05) is 66.9 Å². The molecule has 2 fully saturated rings. The van der Waals surface area contributed by atoms with E-state index in [0.29, 0.717) is 23.2 Å². The number of benzene rings is 2. The first-order valence-electron chi connectivity index (χ1n) is 10.3. The number of nitrogens with one attached hydrogen (secondary N) is 3. The minimum atomic E-state index is -0.0478. The molecule has 148 valence electrons. The van der Waals surface area contributed by atoms with Crippen LogP contribution >= 0.6 is 0 Å². The number of carbonyl (C=O) groups is 1. The summed E-state index contributed by atoms with van der Waals surface area (Å²) in [6.45, 7) is 0.970. The second-order valence-corrected chi connectivity index (χ2v) is 7.91. The Balaban J connectivity index is 1.43. The number of carbonyl (C=O) groups excluding carboxylic acids is 1. The van der Waals surface area contributed by atoms with Crippen molar-refractivity contribution in [1.82, 2.24) is 25.9 Å². The number of amides is 1. The Morgan fingerprint density at radius 3 is 2.59 bits per heavy atom. The van der Waals surface area contributed by atoms with Gasteiger partial charge in [0.25, 0.3) is 5.91 Å². The van der Waals surface area contributed by atoms with Crippen molar-refractivity contribution < 1.29 is 4.79 Å². The minimum Gasteiger partial charge on any atom is -0.349 e. The van der Waals surface area contributed by atoms with Crippen LogP contribution in [0.25, 0.3) is 16.9 Å². The number of para-hydroxylation sites is 1. The largest absolute Gasteiger partial charge is 0.349 e. The maximum Gasteiger partial charge on any atom is 0.255 e. The molecular weight excluding hydrogens is 362 g/mol. The quantitative estimate of drug-likeness (QED) is 0.644. The summed E-state index contributed by atoms with van der Waals surface area (Å²) in [6.07, 6.45) is 4.92. The Labute approximate surface area is 170 Å². The summed E-state index contributed by atoms with van der Waals surface area (Å²) in [4.78, 5) is 13.2. The fourth-order valence-corrected chi connectivity index (χ4v) is 4.46. The van der Waals surface area contributed by atoms with Crippen LogP contribution < -0.4 is 16.2 Å². The van der Waals surface area contributed by atoms with E-state index in [4.69, 9.17) is 5.10 Å². The molecule has 6 nitrogen and oxygen atoms in total. The molecule has 29 heavy (non-hydrogen) atoms. The van der Waals surface area contributed by atoms with Crippen molar-refractivity contribution in [2.24, 2.45) is 5.92 Å². The van der Waals surface area contributed by atoms with Crippen molar-refractivity contribution in [3.63, 3.8) is 0 Å². The molecule has 1 aromatic heterocycles. The second-order valence-electron chi connectivity index (χ2n) is 7.91. The van der Waals surface area contributed by atoms with E-state index >= 15 is 0 Å². The van der Waals surface area contributed by atoms with E-state index in [1.54, 1.807) is 4.68 Å². The van der Waals surface area contributed by atoms with E-state index in [2.05, 4.69) is 16.2 Å². The van der Waals surface area contributed by atoms with Gasteiger partial charge in [-0.05, 0) is 37.3 Å². The Bertz CT molecular complexity index is 985. The van der Waals surface area contributed by atoms with Crippen molar-refractivity contribution in [1.29, 1.82) is 0 Å². The number of hydrogen-bond donors (Lipinski definition) is 3. The zero-order valence-electron chi connectivity index (χ0n) is 16.2. The van der Waals surface area contributed by atoms with Crippen molar-refractivity contribution in [3.05, 3.63) is 72.4 Å². The van der Waals surface area contributed by atoms with Crippen molar-refractivity contribution >= 4 is 5.91 Å². The van der Waals surface area contributed by atoms with Gasteiger partial charge in [0.15, 0.2) is 0 Å². The lowest BCUT2D eigenvalue weighted by Crippen LogP contribution is -2.44. The lowest BCUT2D eigenvalue weighted by atomic mass is 9.83. The molecule has 0 spiro atoms. The van der Waals surface area contributed by atoms with Crippen LogP contribution in [0.15, 0.2) is 66.9 Å². The highest BCUT2D eigenvalue weighted by molar-refractivity contribution is 6.00. The monoisotopic (exact) mass is 387 g/mol. The molecule has 2 aromatic carbocycles. The Morgan fingerprint density at radius 2 is 1.79 bits per heavy atom. The van der Waals surface area contributed by atoms with E-state index in [-0.39, 0.29) is 11.9 Å². The molecule has 3 N–H and O–H groups in total. The van der Waals surface area contributed by atoms with Gasteiger partial charge in [-0.2, -0.15) is 5.10 Å². The lowest BCUT2D eigenvalue weighted by Gasteiger charge is -2.31. The molecule has 3 aromatic rings. The van der Waals surface area contributed by atoms with Crippen LogP contribution in [0.1, 0.15) is 29.6 Å². The normalized spacial score (nSPS) is 23.5. The number of rotatable bonds is 4. The third-order valence-corrected chi connectivity index (χ3v) is 6.00. The molecule has 2 heterocycles. The summed E-state index contributed by atoms with van der Waals surface area (Å²) < 4.78 is 1.79. The van der Waals surface area contributed by atoms with Crippen LogP contribution in [0.3, 0.4) is 0 Å². The zero-order chi connectivity index (χ0) is 19.6. The van der Waals surface area contributed by atoms with Gasteiger partial charge >= 0.3 is 0 Å². The Kier molecular flexibility index (Phi) is 4.87. The number of nitrogens with zero attached hydrogens (tertiary/aromatic N) is 2. The van der Waals surface area contributed by atoms with Crippen LogP contribution in [0.4, 0.5) is 0 Å². The van der Waals surface area contributed by atoms with Gasteiger partial charge in [0, 0.05) is 30.4 Å². The molecule has 1 amide bonds. The predicted molar refractivity (Wildman–Crippen MR) is 113 cm³/mol. The maximum atomic E-state index is 13.2. The summed E-state index contributed by atoms with van der Waals surface area (Å²) in [5.41, 5.74) is 9.80. The maximum absolute atomic E-state index is 13.2. The van der Waals surface area contributed by atoms with Gasteiger partial charge < -0.3 is 5.32 Å². The number of hydrazine groups is 1. The van der Waals surface area contributed by atoms with Gasteiger partial charge in [0.2, 0.25) is 0 Å². The average Bonchev–Trinajstić information content (AvgIpc) is 3.42. The van der Waals surface area contributed by atoms with E-state index in [0.717, 1.165) is 37.1 Å². The molecule has 1 aliphatic carbocycles. The van der Waals surface area contributed by atoms with Crippen LogP contribution in [0.2, 0.25) is 0 Å². The van der Waals surface area contributed by atoms with Crippen molar-refractivity contribution in [2.75, 3.05) is 6.54 Å². The van der Waals surface area contributed by atoms with Gasteiger partial charge in [-0.3, -0.25) is 15.6 Å². The van der Waals surface area contributed by atoms with Crippen LogP contribution in [-0.4, -0.2) is 34.3 Å². The number of fused-ring (bicyclic) bond motifs is 1. The second kappa shape index (κ2) is 7.81. The summed E-state index contributed by atoms with van der Waals surface area (Å²) in [5.74, 6) is 0.531. The van der Waals surface area contributed by atoms with Gasteiger partial charge in [-0.15, -0.1) is 0 Å². The molecule has 1 saturated heterocycles. The van der Waals surface area contributed by atoms with Gasteiger partial charge in [0.05, 0.1) is 11.3 Å². The van der Waals surface area contributed by atoms with Gasteiger partial charge in [-0.25, -0.2) is 4.68 Å². The molecule has 6 heteroatoms. The first kappa shape index (κ1) is 18.1. The molecule has 3 atom stereocenters. The third-order valence-electron chi connectivity index (χ3n) is 6.00. The van der Waals surface area contributed by atoms with Crippen LogP contribution in [0.5, 0.6) is 0 Å². The molecule has 0 bridgehead atoms. The van der Waals surface area contributed by atoms with E-state index in [1.165, 1.54) is 0 Å². The Hall–Kier alpha value is -2.96. The summed E-state index contributed by atoms with van der Waals surface area (Å²) >= 11 is 0. The standard InChI is InChI=1S/C23H25N5O/c29-23(25-18-11-12-21-17(13-18)14-24-26-21)20-15-28(19-9-5-2-6-10-19)27-22(20)16-7-3-1-4-8-16/h1-10,15,17-18,21,24,26H,11-14H2,(H,25,29). The predicted octanol–water partition coefficient (Wildman–Crippen LogP) is 2.91. The van der Waals surface area contributed by atoms with Crippen molar-refractivity contribution in [3.8, 4) is 16.9 Å². The lowest BCUT2D eigenvalue weighted by molar-refractivity contribution is 0.0919. The highest BCUT2D eigenvalue weighted by Crippen LogP contribution is 2.28. The average molecular weight is 387 g/mol. The van der Waals surface area contributed by atoms with Crippen LogP contribution in [-0.2, 0) is 0 Å². The first-order chi connectivity index (χ1) is 14.3. The van der Waals surface area contributed by atoms with E-state index < -0.39 is 0 Å². The Morgan fingerprint density at radius 1 is 1.03 bits per heavy atom. The number of aromatic nitrogens is 2. The molecule has 2 aliphatic rings. The SMILES string of the molecule is O=C(NC1CCC2NNCC2C1)c1cn(-c2ccccc2)nc1-c1ccccc1. The summed E-state index contributed by atoms with van der Waals surface area (Å²) in [6, 6.07) is 20.5. The molecule has 0 radical (unpaired) electrons.